The van der Waals surface area contributed by atoms with Crippen LogP contribution in [-0.2, 0) is 9.59 Å². The predicted molar refractivity (Wildman–Crippen MR) is 135 cm³/mol. The van der Waals surface area contributed by atoms with Gasteiger partial charge in [0.25, 0.3) is 0 Å². The summed E-state index contributed by atoms with van der Waals surface area (Å²) < 4.78 is 5.30. The van der Waals surface area contributed by atoms with E-state index in [0.29, 0.717) is 12.2 Å². The zero-order valence-corrected chi connectivity index (χ0v) is 21.0. The fourth-order valence-electron chi connectivity index (χ4n) is 4.17. The van der Waals surface area contributed by atoms with E-state index in [1.807, 2.05) is 41.3 Å². The van der Waals surface area contributed by atoms with Crippen LogP contribution in [0.4, 0.5) is 11.4 Å². The number of nitriles is 1. The van der Waals surface area contributed by atoms with Gasteiger partial charge in [-0.3, -0.25) is 14.5 Å². The summed E-state index contributed by atoms with van der Waals surface area (Å²) in [6.07, 6.45) is 0.791. The van der Waals surface area contributed by atoms with Gasteiger partial charge in [-0.15, -0.1) is 0 Å². The number of hydrogen-bond donors (Lipinski definition) is 2. The van der Waals surface area contributed by atoms with Crippen molar-refractivity contribution in [3.05, 3.63) is 36.4 Å². The van der Waals surface area contributed by atoms with Gasteiger partial charge in [-0.2, -0.15) is 5.26 Å². The van der Waals surface area contributed by atoms with Crippen LogP contribution in [0.5, 0.6) is 5.75 Å². The summed E-state index contributed by atoms with van der Waals surface area (Å²) in [5.41, 5.74) is 3.06. The summed E-state index contributed by atoms with van der Waals surface area (Å²) in [4.78, 5) is 27.1. The Bertz CT molecular complexity index is 1070. The third kappa shape index (κ3) is 6.00. The smallest absolute Gasteiger partial charge is 0.238 e. The average Bonchev–Trinajstić information content (AvgIpc) is 3.20. The summed E-state index contributed by atoms with van der Waals surface area (Å²) in [7, 11) is -0.244. The molecule has 1 aliphatic rings. The minimum atomic E-state index is -1.86. The average molecular weight is 465 g/mol. The first-order valence-electron chi connectivity index (χ1n) is 11.1. The maximum atomic E-state index is 13.1. The summed E-state index contributed by atoms with van der Waals surface area (Å²) in [5, 5.41) is 16.4. The molecule has 174 valence electrons. The van der Waals surface area contributed by atoms with E-state index >= 15 is 0 Å². The third-order valence-electron chi connectivity index (χ3n) is 5.79. The standard InChI is InChI=1S/C25H32N4O3Si/c1-17(30)27-21-10-11-22(33(3,4)5)25(24(21)19-6-8-20(32-2)9-7-19)28-23(31)16-29-13-12-18(14-26)15-29/h6-11,18H,12-13,15-16H2,1-5H3,(H,27,30)(H,28,31). The molecule has 3 rings (SSSR count). The molecule has 0 radical (unpaired) electrons. The Labute approximate surface area is 196 Å². The molecule has 1 aliphatic heterocycles. The maximum Gasteiger partial charge on any atom is 0.238 e. The highest BCUT2D eigenvalue weighted by Gasteiger charge is 2.28. The molecule has 1 fully saturated rings. The van der Waals surface area contributed by atoms with E-state index in [1.54, 1.807) is 7.11 Å². The van der Waals surface area contributed by atoms with E-state index in [9.17, 15) is 9.59 Å². The molecule has 1 heterocycles. The number of ether oxygens (including phenoxy) is 1. The highest BCUT2D eigenvalue weighted by molar-refractivity contribution is 6.90. The number of nitrogens with one attached hydrogen (secondary N) is 2. The lowest BCUT2D eigenvalue weighted by atomic mass is 10.0. The Morgan fingerprint density at radius 1 is 1.15 bits per heavy atom. The summed E-state index contributed by atoms with van der Waals surface area (Å²) in [6.45, 7) is 9.74. The number of carbonyl (C=O) groups excluding carboxylic acids is 2. The number of anilines is 2. The van der Waals surface area contributed by atoms with Gasteiger partial charge < -0.3 is 15.4 Å². The van der Waals surface area contributed by atoms with E-state index in [-0.39, 0.29) is 24.3 Å². The van der Waals surface area contributed by atoms with E-state index in [1.165, 1.54) is 6.92 Å². The Morgan fingerprint density at radius 2 is 1.85 bits per heavy atom. The molecule has 8 heteroatoms. The van der Waals surface area contributed by atoms with Gasteiger partial charge in [-0.25, -0.2) is 0 Å². The quantitative estimate of drug-likeness (QED) is 0.610. The monoisotopic (exact) mass is 464 g/mol. The molecular weight excluding hydrogens is 432 g/mol. The molecule has 2 amide bonds. The Hall–Kier alpha value is -3.15. The van der Waals surface area contributed by atoms with Crippen LogP contribution in [0.1, 0.15) is 13.3 Å². The van der Waals surface area contributed by atoms with Crippen molar-refractivity contribution >= 4 is 36.4 Å². The van der Waals surface area contributed by atoms with Gasteiger partial charge in [0.05, 0.1) is 39.4 Å². The molecule has 0 aliphatic carbocycles. The third-order valence-corrected chi connectivity index (χ3v) is 7.82. The number of carbonyl (C=O) groups is 2. The molecule has 0 aromatic heterocycles. The zero-order valence-electron chi connectivity index (χ0n) is 20.0. The van der Waals surface area contributed by atoms with Crippen molar-refractivity contribution in [2.45, 2.75) is 33.0 Å². The Morgan fingerprint density at radius 3 is 2.39 bits per heavy atom. The fourth-order valence-corrected chi connectivity index (χ4v) is 5.69. The largest absolute Gasteiger partial charge is 0.497 e. The first-order chi connectivity index (χ1) is 15.6. The normalized spacial score (nSPS) is 16.2. The van der Waals surface area contributed by atoms with Crippen LogP contribution in [-0.4, -0.2) is 51.5 Å². The number of nitrogens with zero attached hydrogens (tertiary/aromatic N) is 2. The van der Waals surface area contributed by atoms with Gasteiger partial charge in [0, 0.05) is 31.3 Å². The van der Waals surface area contributed by atoms with Crippen LogP contribution in [0.2, 0.25) is 19.6 Å². The van der Waals surface area contributed by atoms with Crippen molar-refractivity contribution in [3.8, 4) is 22.9 Å². The molecule has 1 unspecified atom stereocenters. The van der Waals surface area contributed by atoms with Crippen molar-refractivity contribution in [2.75, 3.05) is 37.4 Å². The molecule has 33 heavy (non-hydrogen) atoms. The highest BCUT2D eigenvalue weighted by atomic mass is 28.3. The number of hydrogen-bond acceptors (Lipinski definition) is 5. The fraction of sp³-hybridized carbons (Fsp3) is 0.400. The van der Waals surface area contributed by atoms with E-state index in [0.717, 1.165) is 40.7 Å². The second-order valence-electron chi connectivity index (χ2n) is 9.47. The molecule has 7 nitrogen and oxygen atoms in total. The Kier molecular flexibility index (Phi) is 7.56. The second-order valence-corrected chi connectivity index (χ2v) is 14.5. The zero-order chi connectivity index (χ0) is 24.2. The summed E-state index contributed by atoms with van der Waals surface area (Å²) in [5.74, 6) is 0.409. The number of amides is 2. The highest BCUT2D eigenvalue weighted by Crippen LogP contribution is 2.36. The van der Waals surface area contributed by atoms with Crippen LogP contribution >= 0.6 is 0 Å². The van der Waals surface area contributed by atoms with E-state index in [2.05, 4.69) is 36.3 Å². The van der Waals surface area contributed by atoms with Crippen LogP contribution in [0.3, 0.4) is 0 Å². The maximum absolute atomic E-state index is 13.1. The predicted octanol–water partition coefficient (Wildman–Crippen LogP) is 3.65. The van der Waals surface area contributed by atoms with Gasteiger partial charge >= 0.3 is 0 Å². The lowest BCUT2D eigenvalue weighted by Gasteiger charge is -2.26. The van der Waals surface area contributed by atoms with Gasteiger partial charge in [0.2, 0.25) is 11.8 Å². The molecule has 2 aromatic rings. The molecule has 2 aromatic carbocycles. The second kappa shape index (κ2) is 10.2. The first kappa shape index (κ1) is 24.5. The number of benzene rings is 2. The lowest BCUT2D eigenvalue weighted by molar-refractivity contribution is -0.117. The van der Waals surface area contributed by atoms with Gasteiger partial charge in [-0.05, 0) is 35.4 Å². The van der Waals surface area contributed by atoms with E-state index < -0.39 is 8.07 Å². The van der Waals surface area contributed by atoms with Crippen molar-refractivity contribution < 1.29 is 14.3 Å². The molecular formula is C25H32N4O3Si. The first-order valence-corrected chi connectivity index (χ1v) is 14.6. The van der Waals surface area contributed by atoms with E-state index in [4.69, 9.17) is 10.00 Å². The molecule has 1 saturated heterocycles. The summed E-state index contributed by atoms with van der Waals surface area (Å²) in [6, 6.07) is 13.8. The molecule has 0 saturated carbocycles. The van der Waals surface area contributed by atoms with Crippen LogP contribution in [0.25, 0.3) is 11.1 Å². The summed E-state index contributed by atoms with van der Waals surface area (Å²) >= 11 is 0. The minimum Gasteiger partial charge on any atom is -0.497 e. The van der Waals surface area contributed by atoms with Crippen molar-refractivity contribution in [2.24, 2.45) is 5.92 Å². The van der Waals surface area contributed by atoms with Crippen LogP contribution in [0.15, 0.2) is 36.4 Å². The van der Waals surface area contributed by atoms with Crippen molar-refractivity contribution in [1.82, 2.24) is 4.90 Å². The SMILES string of the molecule is COc1ccc(-c2c(NC(C)=O)ccc([Si](C)(C)C)c2NC(=O)CN2CCC(C#N)C2)cc1. The van der Waals surface area contributed by atoms with Crippen LogP contribution < -0.4 is 20.6 Å². The number of likely N-dealkylation sites (tertiary alicyclic amines) is 1. The van der Waals surface area contributed by atoms with Gasteiger partial charge in [-0.1, -0.05) is 37.8 Å². The molecule has 1 atom stereocenters. The van der Waals surface area contributed by atoms with Crippen LogP contribution in [0, 0.1) is 17.2 Å². The van der Waals surface area contributed by atoms with Crippen molar-refractivity contribution in [1.29, 1.82) is 5.26 Å². The number of rotatable bonds is 7. The van der Waals surface area contributed by atoms with Crippen molar-refractivity contribution in [3.63, 3.8) is 0 Å². The molecule has 0 bridgehead atoms. The number of methoxy groups -OCH3 is 1. The minimum absolute atomic E-state index is 0.0201. The van der Waals surface area contributed by atoms with Gasteiger partial charge in [0.1, 0.15) is 5.75 Å². The Balaban J connectivity index is 2.06. The van der Waals surface area contributed by atoms with Gasteiger partial charge in [0.15, 0.2) is 0 Å². The lowest BCUT2D eigenvalue weighted by Crippen LogP contribution is -2.41. The topological polar surface area (TPSA) is 94.5 Å². The molecule has 0 spiro atoms. The molecule has 2 N–H and O–H groups in total.